The first-order chi connectivity index (χ1) is 12.9. The highest BCUT2D eigenvalue weighted by atomic mass is 16.5. The van der Waals surface area contributed by atoms with Crippen LogP contribution >= 0.6 is 0 Å². The van der Waals surface area contributed by atoms with Crippen molar-refractivity contribution in [3.63, 3.8) is 0 Å². The second-order valence-electron chi connectivity index (χ2n) is 7.23. The molecule has 0 amide bonds. The normalized spacial score (nSPS) is 24.6. The summed E-state index contributed by atoms with van der Waals surface area (Å²) in [4.78, 5) is 2.57. The average Bonchev–Trinajstić information content (AvgIpc) is 3.48. The highest BCUT2D eigenvalue weighted by Gasteiger charge is 2.43. The molecule has 2 aliphatic rings. The van der Waals surface area contributed by atoms with Crippen LogP contribution in [0.1, 0.15) is 17.5 Å². The van der Waals surface area contributed by atoms with Crippen molar-refractivity contribution < 1.29 is 4.74 Å². The van der Waals surface area contributed by atoms with Crippen molar-refractivity contribution in [2.24, 2.45) is 0 Å². The van der Waals surface area contributed by atoms with Crippen LogP contribution in [0.4, 0.5) is 0 Å². The van der Waals surface area contributed by atoms with Crippen LogP contribution in [0.2, 0.25) is 0 Å². The van der Waals surface area contributed by atoms with Gasteiger partial charge in [-0.1, -0.05) is 72.8 Å². The lowest BCUT2D eigenvalue weighted by Crippen LogP contribution is -2.46. The van der Waals surface area contributed by atoms with E-state index in [1.807, 2.05) is 0 Å². The monoisotopic (exact) mass is 348 g/mol. The Morgan fingerprint density at radius 3 is 2.42 bits per heavy atom. The summed E-state index contributed by atoms with van der Waals surface area (Å²) in [6.07, 6.45) is 7.01. The van der Waals surface area contributed by atoms with Gasteiger partial charge in [0.15, 0.2) is 0 Å². The van der Waals surface area contributed by atoms with E-state index in [2.05, 4.69) is 83.0 Å². The van der Waals surface area contributed by atoms with Gasteiger partial charge in [-0.25, -0.2) is 0 Å². The molecular formula is C23H28N2O. The van der Waals surface area contributed by atoms with E-state index < -0.39 is 0 Å². The lowest BCUT2D eigenvalue weighted by atomic mass is 10.0. The van der Waals surface area contributed by atoms with Crippen LogP contribution in [0.25, 0.3) is 6.08 Å². The van der Waals surface area contributed by atoms with E-state index in [9.17, 15) is 0 Å². The van der Waals surface area contributed by atoms with E-state index in [1.54, 1.807) is 0 Å². The predicted octanol–water partition coefficient (Wildman–Crippen LogP) is 3.37. The van der Waals surface area contributed by atoms with Crippen LogP contribution in [0.15, 0.2) is 66.7 Å². The lowest BCUT2D eigenvalue weighted by Gasteiger charge is -2.32. The SMILES string of the molecule is C(=C\[C@@H]([C@H]1N[C@@H]1CCc1ccccc1)N1CCOCC1)/c1ccccc1. The Kier molecular flexibility index (Phi) is 5.80. The minimum Gasteiger partial charge on any atom is -0.379 e. The zero-order valence-corrected chi connectivity index (χ0v) is 15.3. The van der Waals surface area contributed by atoms with E-state index >= 15 is 0 Å². The van der Waals surface area contributed by atoms with Crippen molar-refractivity contribution in [1.82, 2.24) is 10.2 Å². The first-order valence-corrected chi connectivity index (χ1v) is 9.75. The van der Waals surface area contributed by atoms with Gasteiger partial charge in [0.2, 0.25) is 0 Å². The molecule has 2 heterocycles. The van der Waals surface area contributed by atoms with Gasteiger partial charge in [0.05, 0.1) is 13.2 Å². The molecule has 2 fully saturated rings. The van der Waals surface area contributed by atoms with Crippen molar-refractivity contribution in [3.05, 3.63) is 77.9 Å². The molecular weight excluding hydrogens is 320 g/mol. The molecule has 3 nitrogen and oxygen atoms in total. The summed E-state index contributed by atoms with van der Waals surface area (Å²) in [6, 6.07) is 23.0. The number of hydrogen-bond acceptors (Lipinski definition) is 3. The predicted molar refractivity (Wildman–Crippen MR) is 107 cm³/mol. The third-order valence-corrected chi connectivity index (χ3v) is 5.44. The number of benzene rings is 2. The zero-order valence-electron chi connectivity index (χ0n) is 15.3. The molecule has 1 N–H and O–H groups in total. The minimum atomic E-state index is 0.444. The molecule has 0 radical (unpaired) electrons. The summed E-state index contributed by atoms with van der Waals surface area (Å²) >= 11 is 0. The maximum Gasteiger partial charge on any atom is 0.0594 e. The maximum absolute atomic E-state index is 5.56. The van der Waals surface area contributed by atoms with Crippen molar-refractivity contribution in [1.29, 1.82) is 0 Å². The fourth-order valence-electron chi connectivity index (χ4n) is 3.88. The molecule has 0 bridgehead atoms. The number of hydrogen-bond donors (Lipinski definition) is 1. The van der Waals surface area contributed by atoms with E-state index in [0.29, 0.717) is 18.1 Å². The average molecular weight is 348 g/mol. The van der Waals surface area contributed by atoms with E-state index in [4.69, 9.17) is 4.74 Å². The Hall–Kier alpha value is -1.94. The number of nitrogens with zero attached hydrogens (tertiary/aromatic N) is 1. The van der Waals surface area contributed by atoms with Gasteiger partial charge in [0, 0.05) is 31.2 Å². The number of aryl methyl sites for hydroxylation is 1. The Labute approximate surface area is 156 Å². The van der Waals surface area contributed by atoms with Crippen LogP contribution in [-0.2, 0) is 11.2 Å². The van der Waals surface area contributed by atoms with Crippen molar-refractivity contribution in [2.45, 2.75) is 31.0 Å². The number of morpholine rings is 1. The van der Waals surface area contributed by atoms with Gasteiger partial charge in [-0.3, -0.25) is 4.90 Å². The molecule has 26 heavy (non-hydrogen) atoms. The summed E-state index contributed by atoms with van der Waals surface area (Å²) in [5, 5.41) is 3.74. The molecule has 2 aromatic carbocycles. The van der Waals surface area contributed by atoms with Gasteiger partial charge < -0.3 is 10.1 Å². The molecule has 2 aliphatic heterocycles. The van der Waals surface area contributed by atoms with Crippen LogP contribution < -0.4 is 5.32 Å². The third kappa shape index (κ3) is 4.61. The van der Waals surface area contributed by atoms with Gasteiger partial charge in [-0.05, 0) is 24.0 Å². The largest absolute Gasteiger partial charge is 0.379 e. The first kappa shape index (κ1) is 17.5. The molecule has 0 spiro atoms. The summed E-state index contributed by atoms with van der Waals surface area (Å²) in [5.74, 6) is 0. The fraction of sp³-hybridized carbons (Fsp3) is 0.391. The fourth-order valence-corrected chi connectivity index (χ4v) is 3.88. The summed E-state index contributed by atoms with van der Waals surface area (Å²) < 4.78 is 5.56. The summed E-state index contributed by atoms with van der Waals surface area (Å²) in [6.45, 7) is 3.73. The van der Waals surface area contributed by atoms with Gasteiger partial charge in [-0.15, -0.1) is 0 Å². The van der Waals surface area contributed by atoms with Crippen LogP contribution in [-0.4, -0.2) is 49.3 Å². The molecule has 3 heteroatoms. The van der Waals surface area contributed by atoms with E-state index in [0.717, 1.165) is 32.7 Å². The third-order valence-electron chi connectivity index (χ3n) is 5.44. The van der Waals surface area contributed by atoms with Crippen molar-refractivity contribution in [2.75, 3.05) is 26.3 Å². The molecule has 4 rings (SSSR count). The van der Waals surface area contributed by atoms with Gasteiger partial charge in [0.1, 0.15) is 0 Å². The highest BCUT2D eigenvalue weighted by molar-refractivity contribution is 5.50. The number of ether oxygens (including phenoxy) is 1. The molecule has 2 saturated heterocycles. The molecule has 0 unspecified atom stereocenters. The smallest absolute Gasteiger partial charge is 0.0594 e. The quantitative estimate of drug-likeness (QED) is 0.779. The summed E-state index contributed by atoms with van der Waals surface area (Å²) in [5.41, 5.74) is 2.70. The molecule has 0 aromatic heterocycles. The molecule has 3 atom stereocenters. The topological polar surface area (TPSA) is 34.4 Å². The second kappa shape index (κ2) is 8.63. The zero-order chi connectivity index (χ0) is 17.6. The van der Waals surface area contributed by atoms with E-state index in [1.165, 1.54) is 17.5 Å². The number of rotatable bonds is 7. The molecule has 0 aliphatic carbocycles. The van der Waals surface area contributed by atoms with Gasteiger partial charge in [0.25, 0.3) is 0 Å². The Bertz CT molecular complexity index is 695. The van der Waals surface area contributed by atoms with Gasteiger partial charge in [-0.2, -0.15) is 0 Å². The van der Waals surface area contributed by atoms with Crippen molar-refractivity contribution >= 4 is 6.08 Å². The molecule has 2 aromatic rings. The number of nitrogens with one attached hydrogen (secondary N) is 1. The first-order valence-electron chi connectivity index (χ1n) is 9.75. The standard InChI is InChI=1S/C23H28N2O/c1-3-7-19(8-4-1)11-13-21-23(24-21)22(25-15-17-26-18-16-25)14-12-20-9-5-2-6-10-20/h1-10,12,14,21-24H,11,13,15-18H2/b14-12+/t21-,22+,23+/m1/s1. The molecule has 136 valence electrons. The maximum atomic E-state index is 5.56. The van der Waals surface area contributed by atoms with Crippen LogP contribution in [0.3, 0.4) is 0 Å². The van der Waals surface area contributed by atoms with Crippen LogP contribution in [0, 0.1) is 0 Å². The summed E-state index contributed by atoms with van der Waals surface area (Å²) in [7, 11) is 0. The Morgan fingerprint density at radius 1 is 1.00 bits per heavy atom. The minimum absolute atomic E-state index is 0.444. The lowest BCUT2D eigenvalue weighted by molar-refractivity contribution is 0.0252. The van der Waals surface area contributed by atoms with Crippen molar-refractivity contribution in [3.8, 4) is 0 Å². The highest BCUT2D eigenvalue weighted by Crippen LogP contribution is 2.26. The van der Waals surface area contributed by atoms with Gasteiger partial charge >= 0.3 is 0 Å². The van der Waals surface area contributed by atoms with E-state index in [-0.39, 0.29) is 0 Å². The van der Waals surface area contributed by atoms with Crippen LogP contribution in [0.5, 0.6) is 0 Å². The molecule has 0 saturated carbocycles. The second-order valence-corrected chi connectivity index (χ2v) is 7.23. The Balaban J connectivity index is 1.39. The Morgan fingerprint density at radius 2 is 1.69 bits per heavy atom.